The van der Waals surface area contributed by atoms with Gasteiger partial charge in [0.2, 0.25) is 10.0 Å². The van der Waals surface area contributed by atoms with Crippen molar-refractivity contribution in [2.45, 2.75) is 13.3 Å². The molecule has 0 unspecified atom stereocenters. The zero-order valence-electron chi connectivity index (χ0n) is 16.1. The van der Waals surface area contributed by atoms with Gasteiger partial charge in [0.25, 0.3) is 0 Å². The molecule has 0 saturated heterocycles. The zero-order valence-corrected chi connectivity index (χ0v) is 17.7. The first-order valence-corrected chi connectivity index (χ1v) is 11.7. The molecule has 0 fully saturated rings. The average molecular weight is 448 g/mol. The van der Waals surface area contributed by atoms with Crippen LogP contribution in [0.2, 0.25) is 0 Å². The molecule has 2 aromatic carbocycles. The first kappa shape index (κ1) is 20.5. The lowest BCUT2D eigenvalue weighted by atomic mass is 10.1. The molecule has 1 aromatic heterocycles. The van der Waals surface area contributed by atoms with Gasteiger partial charge in [0, 0.05) is 16.8 Å². The molecular weight excluding hydrogens is 429 g/mol. The predicted octanol–water partition coefficient (Wildman–Crippen LogP) is 3.79. The second kappa shape index (κ2) is 7.81. The van der Waals surface area contributed by atoms with Gasteiger partial charge in [-0.3, -0.25) is 9.10 Å². The summed E-state index contributed by atoms with van der Waals surface area (Å²) in [5.41, 5.74) is 1.72. The molecule has 0 amide bonds. The molecule has 0 radical (unpaired) electrons. The maximum absolute atomic E-state index is 13.3. The number of thiophene rings is 1. The van der Waals surface area contributed by atoms with Crippen LogP contribution >= 0.6 is 11.3 Å². The number of fused-ring (bicyclic) bond motifs is 2. The van der Waals surface area contributed by atoms with Crippen LogP contribution in [0.3, 0.4) is 0 Å². The third kappa shape index (κ3) is 3.82. The lowest BCUT2D eigenvalue weighted by Gasteiger charge is -2.18. The number of hydrogen-bond acceptors (Lipinski definition) is 6. The summed E-state index contributed by atoms with van der Waals surface area (Å²) in [6.45, 7) is 1.51. The predicted molar refractivity (Wildman–Crippen MR) is 113 cm³/mol. The highest BCUT2D eigenvalue weighted by molar-refractivity contribution is 7.92. The number of halogens is 1. The third-order valence-electron chi connectivity index (χ3n) is 4.97. The van der Waals surface area contributed by atoms with Crippen LogP contribution < -0.4 is 4.31 Å². The molecule has 4 rings (SSSR count). The third-order valence-corrected chi connectivity index (χ3v) is 7.85. The van der Waals surface area contributed by atoms with Crippen molar-refractivity contribution < 1.29 is 27.1 Å². The van der Waals surface area contributed by atoms with Crippen molar-refractivity contribution in [2.75, 3.05) is 23.2 Å². The van der Waals surface area contributed by atoms with E-state index >= 15 is 0 Å². The summed E-state index contributed by atoms with van der Waals surface area (Å²) in [4.78, 5) is 25.0. The SMILES string of the molecule is CCS(=O)(=O)N1CCc2cc(C(=O)COC(=O)c3cc4cc(F)ccc4s3)ccc21. The lowest BCUT2D eigenvalue weighted by Crippen LogP contribution is -2.30. The fourth-order valence-corrected chi connectivity index (χ4v) is 5.49. The quantitative estimate of drug-likeness (QED) is 0.424. The Bertz CT molecular complexity index is 1270. The molecule has 0 N–H and O–H groups in total. The van der Waals surface area contributed by atoms with Crippen molar-refractivity contribution in [3.63, 3.8) is 0 Å². The molecule has 156 valence electrons. The van der Waals surface area contributed by atoms with Gasteiger partial charge in [-0.2, -0.15) is 0 Å². The van der Waals surface area contributed by atoms with E-state index in [0.29, 0.717) is 29.6 Å². The van der Waals surface area contributed by atoms with E-state index in [9.17, 15) is 22.4 Å². The summed E-state index contributed by atoms with van der Waals surface area (Å²) in [6.07, 6.45) is 0.522. The van der Waals surface area contributed by atoms with Gasteiger partial charge in [0.1, 0.15) is 10.7 Å². The topological polar surface area (TPSA) is 80.8 Å². The maximum Gasteiger partial charge on any atom is 0.348 e. The summed E-state index contributed by atoms with van der Waals surface area (Å²) in [5, 5.41) is 0.600. The number of ether oxygens (including phenoxy) is 1. The Morgan fingerprint density at radius 3 is 2.73 bits per heavy atom. The van der Waals surface area contributed by atoms with Gasteiger partial charge < -0.3 is 4.74 Å². The monoisotopic (exact) mass is 447 g/mol. The van der Waals surface area contributed by atoms with Crippen molar-refractivity contribution in [2.24, 2.45) is 0 Å². The van der Waals surface area contributed by atoms with E-state index in [-0.39, 0.29) is 16.4 Å². The van der Waals surface area contributed by atoms with Crippen molar-refractivity contribution in [1.29, 1.82) is 0 Å². The zero-order chi connectivity index (χ0) is 21.5. The van der Waals surface area contributed by atoms with Crippen LogP contribution in [-0.2, 0) is 21.2 Å². The summed E-state index contributed by atoms with van der Waals surface area (Å²) in [7, 11) is -3.35. The Morgan fingerprint density at radius 1 is 1.17 bits per heavy atom. The number of rotatable bonds is 6. The molecule has 0 spiro atoms. The van der Waals surface area contributed by atoms with E-state index in [1.54, 1.807) is 31.2 Å². The molecule has 3 aromatic rings. The van der Waals surface area contributed by atoms with Gasteiger partial charge in [-0.05, 0) is 66.8 Å². The van der Waals surface area contributed by atoms with E-state index in [4.69, 9.17) is 4.74 Å². The molecule has 0 aliphatic carbocycles. The van der Waals surface area contributed by atoms with Gasteiger partial charge in [-0.1, -0.05) is 0 Å². The Morgan fingerprint density at radius 2 is 1.97 bits per heavy atom. The first-order valence-electron chi connectivity index (χ1n) is 9.31. The van der Waals surface area contributed by atoms with Crippen LogP contribution in [0.25, 0.3) is 10.1 Å². The standard InChI is InChI=1S/C21H18FNO5S2/c1-2-30(26,27)23-8-7-13-9-14(3-5-17(13)23)18(24)12-28-21(25)20-11-15-10-16(22)4-6-19(15)29-20/h3-6,9-11H,2,7-8,12H2,1H3. The van der Waals surface area contributed by atoms with E-state index in [1.807, 2.05) is 0 Å². The second-order valence-corrected chi connectivity index (χ2v) is 10.1. The average Bonchev–Trinajstić information content (AvgIpc) is 3.35. The number of carbonyl (C=O) groups excluding carboxylic acids is 2. The summed E-state index contributed by atoms with van der Waals surface area (Å²) in [5.74, 6) is -1.41. The molecule has 1 aliphatic rings. The second-order valence-electron chi connectivity index (χ2n) is 6.86. The van der Waals surface area contributed by atoms with Gasteiger partial charge >= 0.3 is 5.97 Å². The highest BCUT2D eigenvalue weighted by atomic mass is 32.2. The Hall–Kier alpha value is -2.78. The lowest BCUT2D eigenvalue weighted by molar-refractivity contribution is 0.0479. The summed E-state index contributed by atoms with van der Waals surface area (Å²) < 4.78 is 44.9. The number of anilines is 1. The summed E-state index contributed by atoms with van der Waals surface area (Å²) in [6, 6.07) is 10.6. The smallest absolute Gasteiger partial charge is 0.348 e. The van der Waals surface area contributed by atoms with Crippen LogP contribution in [0.4, 0.5) is 10.1 Å². The van der Waals surface area contributed by atoms with Gasteiger partial charge in [0.15, 0.2) is 12.4 Å². The van der Waals surface area contributed by atoms with Crippen LogP contribution in [-0.4, -0.2) is 39.1 Å². The molecule has 2 heterocycles. The fraction of sp³-hybridized carbons (Fsp3) is 0.238. The van der Waals surface area contributed by atoms with Crippen molar-refractivity contribution in [1.82, 2.24) is 0 Å². The number of Topliss-reactive ketones (excluding diaryl/α,β-unsaturated/α-hetero) is 1. The van der Waals surface area contributed by atoms with Crippen molar-refractivity contribution >= 4 is 48.9 Å². The van der Waals surface area contributed by atoms with E-state index in [0.717, 1.165) is 10.3 Å². The molecule has 30 heavy (non-hydrogen) atoms. The molecule has 1 aliphatic heterocycles. The van der Waals surface area contributed by atoms with Crippen molar-refractivity contribution in [3.05, 3.63) is 64.3 Å². The minimum atomic E-state index is -3.35. The molecule has 0 saturated carbocycles. The molecule has 0 bridgehead atoms. The fourth-order valence-electron chi connectivity index (χ4n) is 3.39. The van der Waals surface area contributed by atoms with Gasteiger partial charge in [-0.15, -0.1) is 11.3 Å². The molecule has 9 heteroatoms. The highest BCUT2D eigenvalue weighted by Crippen LogP contribution is 2.31. The van der Waals surface area contributed by atoms with Crippen LogP contribution in [0, 0.1) is 5.82 Å². The van der Waals surface area contributed by atoms with Crippen molar-refractivity contribution in [3.8, 4) is 0 Å². The van der Waals surface area contributed by atoms with E-state index in [1.165, 1.54) is 33.8 Å². The van der Waals surface area contributed by atoms with Crippen LogP contribution in [0.1, 0.15) is 32.5 Å². The number of benzene rings is 2. The van der Waals surface area contributed by atoms with Crippen LogP contribution in [0.15, 0.2) is 42.5 Å². The minimum Gasteiger partial charge on any atom is -0.453 e. The van der Waals surface area contributed by atoms with Gasteiger partial charge in [0.05, 0.1) is 11.4 Å². The number of sulfonamides is 1. The first-order chi connectivity index (χ1) is 14.3. The van der Waals surface area contributed by atoms with E-state index in [2.05, 4.69) is 0 Å². The minimum absolute atomic E-state index is 0.00739. The molecule has 0 atom stereocenters. The summed E-state index contributed by atoms with van der Waals surface area (Å²) >= 11 is 1.17. The van der Waals surface area contributed by atoms with Crippen LogP contribution in [0.5, 0.6) is 0 Å². The number of hydrogen-bond donors (Lipinski definition) is 0. The number of nitrogens with zero attached hydrogens (tertiary/aromatic N) is 1. The molecular formula is C21H18FNO5S2. The molecule has 6 nitrogen and oxygen atoms in total. The number of ketones is 1. The maximum atomic E-state index is 13.3. The Balaban J connectivity index is 1.45. The number of carbonyl (C=O) groups is 2. The normalized spacial score (nSPS) is 13.5. The van der Waals surface area contributed by atoms with Gasteiger partial charge in [-0.25, -0.2) is 17.6 Å². The Labute approximate surface area is 176 Å². The Kier molecular flexibility index (Phi) is 5.33. The number of esters is 1. The van der Waals surface area contributed by atoms with E-state index < -0.39 is 28.4 Å². The highest BCUT2D eigenvalue weighted by Gasteiger charge is 2.28. The largest absolute Gasteiger partial charge is 0.453 e.